The number of carbonyl (C=O) groups is 1. The van der Waals surface area contributed by atoms with E-state index in [4.69, 9.17) is 9.47 Å². The Kier molecular flexibility index (Phi) is 5.34. The predicted molar refractivity (Wildman–Crippen MR) is 109 cm³/mol. The molecule has 0 N–H and O–H groups in total. The van der Waals surface area contributed by atoms with Crippen molar-refractivity contribution in [2.75, 3.05) is 13.7 Å². The Morgan fingerprint density at radius 2 is 1.90 bits per heavy atom. The average molecular weight is 439 g/mol. The molecular formula is C20H17N5O5S. The Bertz CT molecular complexity index is 1350. The average Bonchev–Trinajstić information content (AvgIpc) is 3.32. The first-order chi connectivity index (χ1) is 15.0. The number of nitrogens with zero attached hydrogens (tertiary/aromatic N) is 5. The van der Waals surface area contributed by atoms with Crippen molar-refractivity contribution in [3.63, 3.8) is 0 Å². The lowest BCUT2D eigenvalue weighted by atomic mass is 10.1. The fourth-order valence-electron chi connectivity index (χ4n) is 3.08. The van der Waals surface area contributed by atoms with E-state index in [0.717, 1.165) is 0 Å². The van der Waals surface area contributed by atoms with Gasteiger partial charge in [-0.25, -0.2) is 13.2 Å². The van der Waals surface area contributed by atoms with E-state index in [-0.39, 0.29) is 27.6 Å². The van der Waals surface area contributed by atoms with E-state index in [2.05, 4.69) is 20.5 Å². The van der Waals surface area contributed by atoms with Gasteiger partial charge in [0, 0.05) is 11.6 Å². The van der Waals surface area contributed by atoms with E-state index < -0.39 is 15.8 Å². The highest BCUT2D eigenvalue weighted by atomic mass is 32.2. The molecule has 0 atom stereocenters. The molecule has 0 saturated heterocycles. The maximum absolute atomic E-state index is 13.5. The number of hydrogen-bond acceptors (Lipinski definition) is 9. The predicted octanol–water partition coefficient (Wildman–Crippen LogP) is 2.23. The van der Waals surface area contributed by atoms with Crippen molar-refractivity contribution in [1.82, 2.24) is 25.2 Å². The minimum absolute atomic E-state index is 0.0466. The molecule has 0 fully saturated rings. The van der Waals surface area contributed by atoms with Crippen molar-refractivity contribution in [3.8, 4) is 11.4 Å². The van der Waals surface area contributed by atoms with Gasteiger partial charge in [-0.1, -0.05) is 0 Å². The smallest absolute Gasteiger partial charge is 0.338 e. The summed E-state index contributed by atoms with van der Waals surface area (Å²) in [5, 5.41) is 11.5. The third-order valence-electron chi connectivity index (χ3n) is 4.55. The molecule has 2 aromatic carbocycles. The molecule has 0 unspecified atom stereocenters. The van der Waals surface area contributed by atoms with Gasteiger partial charge in [0.1, 0.15) is 17.0 Å². The number of sulfone groups is 1. The van der Waals surface area contributed by atoms with Crippen LogP contribution < -0.4 is 4.74 Å². The van der Waals surface area contributed by atoms with Crippen molar-refractivity contribution >= 4 is 26.7 Å². The second-order valence-electron chi connectivity index (χ2n) is 6.36. The van der Waals surface area contributed by atoms with Gasteiger partial charge in [0.2, 0.25) is 9.84 Å². The molecule has 10 nitrogen and oxygen atoms in total. The summed E-state index contributed by atoms with van der Waals surface area (Å²) in [5.41, 5.74) is 0.897. The number of carbonyl (C=O) groups excluding carboxylic acids is 1. The number of aromatic nitrogens is 5. The highest BCUT2D eigenvalue weighted by molar-refractivity contribution is 7.91. The van der Waals surface area contributed by atoms with Crippen LogP contribution in [0.5, 0.6) is 5.75 Å². The largest absolute Gasteiger partial charge is 0.497 e. The topological polar surface area (TPSA) is 126 Å². The molecule has 4 rings (SSSR count). The molecule has 0 aliphatic rings. The number of pyridine rings is 1. The third kappa shape index (κ3) is 3.70. The van der Waals surface area contributed by atoms with E-state index in [1.54, 1.807) is 31.2 Å². The number of fused-ring (bicyclic) bond motifs is 1. The summed E-state index contributed by atoms with van der Waals surface area (Å²) in [5.74, 6) is -0.00848. The fraction of sp³-hybridized carbons (Fsp3) is 0.150. The van der Waals surface area contributed by atoms with Crippen LogP contribution in [0.2, 0.25) is 0 Å². The molecule has 2 aromatic heterocycles. The van der Waals surface area contributed by atoms with E-state index in [1.165, 1.54) is 42.5 Å². The molecule has 0 bridgehead atoms. The van der Waals surface area contributed by atoms with Crippen LogP contribution in [0.15, 0.2) is 64.8 Å². The first-order valence-electron chi connectivity index (χ1n) is 9.18. The summed E-state index contributed by atoms with van der Waals surface area (Å²) in [6, 6.07) is 10.7. The lowest BCUT2D eigenvalue weighted by molar-refractivity contribution is 0.0526. The standard InChI is InChI=1S/C20H17N5O5S/c1-3-30-20(26)13-4-9-17-16(10-13)19(25-12-22-23-24-25)18(11-21-17)31(27,28)15-7-5-14(29-2)6-8-15/h4-12H,3H2,1-2H3. The molecule has 0 radical (unpaired) electrons. The van der Waals surface area contributed by atoms with Gasteiger partial charge in [-0.3, -0.25) is 4.98 Å². The quantitative estimate of drug-likeness (QED) is 0.416. The molecule has 158 valence electrons. The zero-order valence-electron chi connectivity index (χ0n) is 16.6. The van der Waals surface area contributed by atoms with Gasteiger partial charge in [0.25, 0.3) is 0 Å². The van der Waals surface area contributed by atoms with Crippen molar-refractivity contribution in [2.24, 2.45) is 0 Å². The second-order valence-corrected chi connectivity index (χ2v) is 8.27. The Balaban J connectivity index is 1.98. The Labute approximate surface area is 177 Å². The monoisotopic (exact) mass is 439 g/mol. The maximum Gasteiger partial charge on any atom is 0.338 e. The lowest BCUT2D eigenvalue weighted by Gasteiger charge is -2.13. The number of tetrazole rings is 1. The van der Waals surface area contributed by atoms with Gasteiger partial charge in [-0.2, -0.15) is 4.68 Å². The van der Waals surface area contributed by atoms with Crippen LogP contribution in [-0.2, 0) is 14.6 Å². The van der Waals surface area contributed by atoms with Crippen LogP contribution >= 0.6 is 0 Å². The summed E-state index contributed by atoms with van der Waals surface area (Å²) in [4.78, 5) is 16.4. The maximum atomic E-state index is 13.5. The molecule has 0 aliphatic carbocycles. The Morgan fingerprint density at radius 3 is 2.55 bits per heavy atom. The summed E-state index contributed by atoms with van der Waals surface area (Å²) in [7, 11) is -2.51. The van der Waals surface area contributed by atoms with Crippen LogP contribution in [0.3, 0.4) is 0 Å². The molecule has 31 heavy (non-hydrogen) atoms. The number of hydrogen-bond donors (Lipinski definition) is 0. The molecule has 0 aliphatic heterocycles. The zero-order valence-corrected chi connectivity index (χ0v) is 17.4. The second kappa shape index (κ2) is 8.11. The van der Waals surface area contributed by atoms with Gasteiger partial charge in [0.05, 0.1) is 35.4 Å². The van der Waals surface area contributed by atoms with Crippen molar-refractivity contribution < 1.29 is 22.7 Å². The molecule has 0 spiro atoms. The third-order valence-corrected chi connectivity index (χ3v) is 6.33. The highest BCUT2D eigenvalue weighted by Crippen LogP contribution is 2.32. The normalized spacial score (nSPS) is 11.4. The Morgan fingerprint density at radius 1 is 1.13 bits per heavy atom. The number of ether oxygens (including phenoxy) is 2. The van der Waals surface area contributed by atoms with Crippen LogP contribution in [0, 0.1) is 0 Å². The van der Waals surface area contributed by atoms with Crippen LogP contribution in [0.4, 0.5) is 0 Å². The van der Waals surface area contributed by atoms with E-state index in [9.17, 15) is 13.2 Å². The van der Waals surface area contributed by atoms with Gasteiger partial charge < -0.3 is 9.47 Å². The minimum atomic E-state index is -4.01. The van der Waals surface area contributed by atoms with Gasteiger partial charge in [-0.15, -0.1) is 5.10 Å². The Hall–Kier alpha value is -3.86. The first-order valence-corrected chi connectivity index (χ1v) is 10.7. The highest BCUT2D eigenvalue weighted by Gasteiger charge is 2.26. The number of rotatable bonds is 6. The lowest BCUT2D eigenvalue weighted by Crippen LogP contribution is -2.11. The molecule has 2 heterocycles. The van der Waals surface area contributed by atoms with Crippen LogP contribution in [-0.4, -0.2) is 53.3 Å². The van der Waals surface area contributed by atoms with Crippen LogP contribution in [0.25, 0.3) is 16.6 Å². The first kappa shape index (κ1) is 20.4. The van der Waals surface area contributed by atoms with Crippen molar-refractivity contribution in [1.29, 1.82) is 0 Å². The molecule has 0 saturated carbocycles. The number of methoxy groups -OCH3 is 1. The molecular weight excluding hydrogens is 422 g/mol. The summed E-state index contributed by atoms with van der Waals surface area (Å²) >= 11 is 0. The summed E-state index contributed by atoms with van der Waals surface area (Å²) < 4.78 is 38.3. The number of esters is 1. The van der Waals surface area contributed by atoms with E-state index in [0.29, 0.717) is 16.7 Å². The van der Waals surface area contributed by atoms with Gasteiger partial charge in [-0.05, 0) is 59.8 Å². The van der Waals surface area contributed by atoms with E-state index >= 15 is 0 Å². The zero-order chi connectivity index (χ0) is 22.0. The van der Waals surface area contributed by atoms with Crippen molar-refractivity contribution in [2.45, 2.75) is 16.7 Å². The summed E-state index contributed by atoms with van der Waals surface area (Å²) in [6.07, 6.45) is 2.53. The minimum Gasteiger partial charge on any atom is -0.497 e. The van der Waals surface area contributed by atoms with Gasteiger partial charge >= 0.3 is 5.97 Å². The SMILES string of the molecule is CCOC(=O)c1ccc2ncc(S(=O)(=O)c3ccc(OC)cc3)c(-n3cnnn3)c2c1. The molecule has 11 heteroatoms. The van der Waals surface area contributed by atoms with Gasteiger partial charge in [0.15, 0.2) is 0 Å². The van der Waals surface area contributed by atoms with Crippen molar-refractivity contribution in [3.05, 3.63) is 60.6 Å². The number of benzene rings is 2. The van der Waals surface area contributed by atoms with E-state index in [1.807, 2.05) is 0 Å². The van der Waals surface area contributed by atoms with Crippen LogP contribution in [0.1, 0.15) is 17.3 Å². The summed E-state index contributed by atoms with van der Waals surface area (Å²) in [6.45, 7) is 1.91. The molecule has 0 amide bonds. The fourth-order valence-corrected chi connectivity index (χ4v) is 4.48. The molecule has 4 aromatic rings.